The van der Waals surface area contributed by atoms with Gasteiger partial charge in [-0.05, 0) is 30.0 Å². The molecule has 0 spiro atoms. The van der Waals surface area contributed by atoms with Gasteiger partial charge in [-0.25, -0.2) is 0 Å². The van der Waals surface area contributed by atoms with Gasteiger partial charge in [0.15, 0.2) is 5.75 Å². The van der Waals surface area contributed by atoms with E-state index in [4.69, 9.17) is 4.74 Å². The highest BCUT2D eigenvalue weighted by atomic mass is 16.6. The highest BCUT2D eigenvalue weighted by molar-refractivity contribution is 5.75. The van der Waals surface area contributed by atoms with Crippen LogP contribution in [-0.4, -0.2) is 26.9 Å². The van der Waals surface area contributed by atoms with Gasteiger partial charge < -0.3 is 9.84 Å². The molecule has 1 aliphatic carbocycles. The molecule has 110 valence electrons. The summed E-state index contributed by atoms with van der Waals surface area (Å²) < 4.78 is 6.82. The third-order valence-electron chi connectivity index (χ3n) is 3.91. The van der Waals surface area contributed by atoms with E-state index in [0.717, 1.165) is 11.3 Å². The molecule has 0 bridgehead atoms. The van der Waals surface area contributed by atoms with Crippen LogP contribution in [0.3, 0.4) is 0 Å². The minimum atomic E-state index is -0.679. The molecule has 1 aliphatic rings. The van der Waals surface area contributed by atoms with Gasteiger partial charge in [0.2, 0.25) is 0 Å². The molecule has 0 fully saturated rings. The van der Waals surface area contributed by atoms with Crippen molar-refractivity contribution in [3.63, 3.8) is 0 Å². The van der Waals surface area contributed by atoms with Crippen molar-refractivity contribution >= 4 is 5.69 Å². The molecule has 1 aromatic heterocycles. The Kier molecular flexibility index (Phi) is 3.13. The number of hydrogen-bond donors (Lipinski definition) is 1. The SMILES string of the molecule is COc1cc2c(cc1[N+](=O)[O-])-c1cnn(C)c1CCC2O. The monoisotopic (exact) mass is 289 g/mol. The van der Waals surface area contributed by atoms with Crippen LogP contribution in [0.2, 0.25) is 0 Å². The van der Waals surface area contributed by atoms with E-state index in [1.165, 1.54) is 13.2 Å². The Morgan fingerprint density at radius 3 is 2.90 bits per heavy atom. The molecule has 0 saturated carbocycles. The lowest BCUT2D eigenvalue weighted by atomic mass is 9.97. The molecule has 0 radical (unpaired) electrons. The maximum absolute atomic E-state index is 11.2. The van der Waals surface area contributed by atoms with E-state index in [0.29, 0.717) is 24.0 Å². The van der Waals surface area contributed by atoms with Gasteiger partial charge in [0.1, 0.15) is 0 Å². The molecule has 1 unspecified atom stereocenters. The number of fused-ring (bicyclic) bond motifs is 3. The summed E-state index contributed by atoms with van der Waals surface area (Å²) in [6.07, 6.45) is 2.21. The number of rotatable bonds is 2. The molecule has 1 N–H and O–H groups in total. The second-order valence-electron chi connectivity index (χ2n) is 5.05. The first-order chi connectivity index (χ1) is 10.0. The van der Waals surface area contributed by atoms with Crippen molar-refractivity contribution in [3.05, 3.63) is 39.7 Å². The summed E-state index contributed by atoms with van der Waals surface area (Å²) in [5.74, 6) is 0.158. The van der Waals surface area contributed by atoms with Crippen molar-refractivity contribution < 1.29 is 14.8 Å². The lowest BCUT2D eigenvalue weighted by molar-refractivity contribution is -0.385. The second kappa shape index (κ2) is 4.85. The molecular formula is C14H15N3O4. The highest BCUT2D eigenvalue weighted by Gasteiger charge is 2.28. The van der Waals surface area contributed by atoms with E-state index >= 15 is 0 Å². The Balaban J connectivity index is 2.30. The molecule has 21 heavy (non-hydrogen) atoms. The number of nitro groups is 1. The number of benzene rings is 1. The Bertz CT molecular complexity index is 723. The fourth-order valence-electron chi connectivity index (χ4n) is 2.81. The quantitative estimate of drug-likeness (QED) is 0.674. The number of ether oxygens (including phenoxy) is 1. The van der Waals surface area contributed by atoms with Gasteiger partial charge in [-0.3, -0.25) is 14.8 Å². The Morgan fingerprint density at radius 1 is 1.48 bits per heavy atom. The predicted octanol–water partition coefficient (Wildman–Crippen LogP) is 1.98. The topological polar surface area (TPSA) is 90.4 Å². The average Bonchev–Trinajstić information content (AvgIpc) is 2.77. The molecule has 0 amide bonds. The van der Waals surface area contributed by atoms with Crippen molar-refractivity contribution in [2.75, 3.05) is 7.11 Å². The van der Waals surface area contributed by atoms with Crippen LogP contribution >= 0.6 is 0 Å². The largest absolute Gasteiger partial charge is 0.490 e. The van der Waals surface area contributed by atoms with Gasteiger partial charge in [0.05, 0.1) is 24.3 Å². The summed E-state index contributed by atoms with van der Waals surface area (Å²) in [5.41, 5.74) is 2.97. The van der Waals surface area contributed by atoms with Gasteiger partial charge >= 0.3 is 5.69 Å². The third-order valence-corrected chi connectivity index (χ3v) is 3.91. The van der Waals surface area contributed by atoms with E-state index in [2.05, 4.69) is 5.10 Å². The van der Waals surface area contributed by atoms with Crippen molar-refractivity contribution in [1.29, 1.82) is 0 Å². The number of nitrogens with zero attached hydrogens (tertiary/aromatic N) is 3. The normalized spacial score (nSPS) is 16.8. The van der Waals surface area contributed by atoms with E-state index in [9.17, 15) is 15.2 Å². The summed E-state index contributed by atoms with van der Waals surface area (Å²) in [7, 11) is 3.21. The number of hydrogen-bond acceptors (Lipinski definition) is 5. The molecule has 3 rings (SSSR count). The van der Waals surface area contributed by atoms with Crippen LogP contribution in [0.1, 0.15) is 23.8 Å². The smallest absolute Gasteiger partial charge is 0.311 e. The van der Waals surface area contributed by atoms with E-state index in [1.54, 1.807) is 16.9 Å². The number of aliphatic hydroxyl groups is 1. The van der Waals surface area contributed by atoms with Crippen molar-refractivity contribution in [3.8, 4) is 16.9 Å². The van der Waals surface area contributed by atoms with Crippen LogP contribution < -0.4 is 4.74 Å². The molecule has 1 atom stereocenters. The summed E-state index contributed by atoms with van der Waals surface area (Å²) in [5, 5.41) is 25.7. The first kappa shape index (κ1) is 13.6. The predicted molar refractivity (Wildman–Crippen MR) is 75.1 cm³/mol. The molecule has 2 aromatic rings. The zero-order chi connectivity index (χ0) is 15.1. The Hall–Kier alpha value is -2.41. The van der Waals surface area contributed by atoms with Crippen LogP contribution in [0, 0.1) is 10.1 Å². The number of methoxy groups -OCH3 is 1. The van der Waals surface area contributed by atoms with E-state index in [-0.39, 0.29) is 11.4 Å². The molecule has 7 heteroatoms. The summed E-state index contributed by atoms with van der Waals surface area (Å²) in [4.78, 5) is 10.7. The van der Waals surface area contributed by atoms with Crippen LogP contribution in [0.15, 0.2) is 18.3 Å². The average molecular weight is 289 g/mol. The lowest BCUT2D eigenvalue weighted by Crippen LogP contribution is -2.02. The summed E-state index contributed by atoms with van der Waals surface area (Å²) >= 11 is 0. The first-order valence-electron chi connectivity index (χ1n) is 6.58. The summed E-state index contributed by atoms with van der Waals surface area (Å²) in [6, 6.07) is 3.02. The third kappa shape index (κ3) is 2.06. The van der Waals surface area contributed by atoms with Crippen molar-refractivity contribution in [2.45, 2.75) is 18.9 Å². The minimum absolute atomic E-state index is 0.111. The van der Waals surface area contributed by atoms with Crippen molar-refractivity contribution in [2.24, 2.45) is 7.05 Å². The van der Waals surface area contributed by atoms with Crippen molar-refractivity contribution in [1.82, 2.24) is 9.78 Å². The number of nitro benzene ring substituents is 1. The fraction of sp³-hybridized carbons (Fsp3) is 0.357. The molecule has 1 heterocycles. The highest BCUT2D eigenvalue weighted by Crippen LogP contribution is 2.42. The number of aryl methyl sites for hydroxylation is 1. The number of aromatic nitrogens is 2. The fourth-order valence-corrected chi connectivity index (χ4v) is 2.81. The standard InChI is InChI=1S/C14H15N3O4/c1-16-11-3-4-13(18)9-6-14(21-2)12(17(19)20)5-8(9)10(11)7-15-16/h5-7,13,18H,3-4H2,1-2H3. The first-order valence-corrected chi connectivity index (χ1v) is 6.58. The molecule has 0 saturated heterocycles. The number of aliphatic hydroxyl groups excluding tert-OH is 1. The molecular weight excluding hydrogens is 274 g/mol. The Morgan fingerprint density at radius 2 is 2.24 bits per heavy atom. The van der Waals surface area contributed by atoms with Gasteiger partial charge in [-0.15, -0.1) is 0 Å². The Labute approximate surface area is 120 Å². The minimum Gasteiger partial charge on any atom is -0.490 e. The second-order valence-corrected chi connectivity index (χ2v) is 5.05. The maximum atomic E-state index is 11.2. The van der Waals surface area contributed by atoms with E-state index in [1.807, 2.05) is 7.05 Å². The molecule has 7 nitrogen and oxygen atoms in total. The van der Waals surface area contributed by atoms with Gasteiger partial charge in [-0.1, -0.05) is 0 Å². The van der Waals surface area contributed by atoms with Crippen LogP contribution in [0.5, 0.6) is 5.75 Å². The maximum Gasteiger partial charge on any atom is 0.311 e. The van der Waals surface area contributed by atoms with E-state index < -0.39 is 11.0 Å². The summed E-state index contributed by atoms with van der Waals surface area (Å²) in [6.45, 7) is 0. The van der Waals surface area contributed by atoms with Crippen LogP contribution in [0.25, 0.3) is 11.1 Å². The molecule has 0 aliphatic heterocycles. The zero-order valence-corrected chi connectivity index (χ0v) is 11.7. The van der Waals surface area contributed by atoms with Crippen LogP contribution in [-0.2, 0) is 13.5 Å². The van der Waals surface area contributed by atoms with Gasteiger partial charge in [0.25, 0.3) is 0 Å². The zero-order valence-electron chi connectivity index (χ0n) is 11.7. The van der Waals surface area contributed by atoms with Gasteiger partial charge in [0, 0.05) is 24.4 Å². The molecule has 1 aromatic carbocycles. The van der Waals surface area contributed by atoms with Crippen LogP contribution in [0.4, 0.5) is 5.69 Å². The van der Waals surface area contributed by atoms with Gasteiger partial charge in [-0.2, -0.15) is 5.10 Å². The lowest BCUT2D eigenvalue weighted by Gasteiger charge is -2.13.